The highest BCUT2D eigenvalue weighted by atomic mass is 16.5. The van der Waals surface area contributed by atoms with Crippen molar-refractivity contribution in [2.45, 2.75) is 19.3 Å². The number of hydrogen-bond donors (Lipinski definition) is 1. The van der Waals surface area contributed by atoms with Crippen LogP contribution in [0, 0.1) is 13.8 Å². The minimum absolute atomic E-state index is 0.0802. The van der Waals surface area contributed by atoms with Crippen LogP contribution >= 0.6 is 0 Å². The normalized spacial score (nSPS) is 17.6. The summed E-state index contributed by atoms with van der Waals surface area (Å²) in [4.78, 5) is 0. The van der Waals surface area contributed by atoms with E-state index in [1.165, 1.54) is 16.7 Å². The van der Waals surface area contributed by atoms with Crippen LogP contribution in [0.5, 0.6) is 5.75 Å². The zero-order valence-corrected chi connectivity index (χ0v) is 11.1. The molecule has 1 fully saturated rings. The fourth-order valence-corrected chi connectivity index (χ4v) is 2.66. The van der Waals surface area contributed by atoms with Crippen molar-refractivity contribution in [3.8, 4) is 5.75 Å². The molecule has 1 N–H and O–H groups in total. The Kier molecular flexibility index (Phi) is 3.40. The summed E-state index contributed by atoms with van der Waals surface area (Å²) in [5.74, 6) is 1.01. The highest BCUT2D eigenvalue weighted by molar-refractivity contribution is 5.49. The van der Waals surface area contributed by atoms with Crippen molar-refractivity contribution >= 4 is 0 Å². The van der Waals surface area contributed by atoms with E-state index in [0.29, 0.717) is 0 Å². The molecule has 0 saturated carbocycles. The number of aryl methyl sites for hydroxylation is 2. The van der Waals surface area contributed by atoms with Crippen LogP contribution < -0.4 is 10.1 Å². The first kappa shape index (κ1) is 12.4. The zero-order valence-electron chi connectivity index (χ0n) is 11.1. The van der Waals surface area contributed by atoms with Crippen LogP contribution in [-0.2, 0) is 10.2 Å². The molecule has 1 saturated heterocycles. The first-order chi connectivity index (χ1) is 8.13. The Balaban J connectivity index is 2.49. The van der Waals surface area contributed by atoms with Crippen molar-refractivity contribution in [3.05, 3.63) is 28.8 Å². The van der Waals surface area contributed by atoms with Crippen molar-refractivity contribution in [3.63, 3.8) is 0 Å². The van der Waals surface area contributed by atoms with Crippen LogP contribution in [0.25, 0.3) is 0 Å². The second-order valence-electron chi connectivity index (χ2n) is 4.97. The van der Waals surface area contributed by atoms with Crippen molar-refractivity contribution in [1.29, 1.82) is 0 Å². The van der Waals surface area contributed by atoms with E-state index in [1.807, 2.05) is 7.05 Å². The molecule has 3 nitrogen and oxygen atoms in total. The van der Waals surface area contributed by atoms with E-state index in [2.05, 4.69) is 31.3 Å². The van der Waals surface area contributed by atoms with Gasteiger partial charge in [-0.05, 0) is 26.5 Å². The average molecular weight is 235 g/mol. The van der Waals surface area contributed by atoms with E-state index >= 15 is 0 Å². The molecule has 0 aliphatic carbocycles. The Hall–Kier alpha value is -1.06. The summed E-state index contributed by atoms with van der Waals surface area (Å²) >= 11 is 0. The summed E-state index contributed by atoms with van der Waals surface area (Å²) in [6, 6.07) is 4.39. The molecular formula is C14H21NO2. The lowest BCUT2D eigenvalue weighted by Crippen LogP contribution is -2.53. The summed E-state index contributed by atoms with van der Waals surface area (Å²) in [5, 5.41) is 3.26. The maximum absolute atomic E-state index is 5.58. The van der Waals surface area contributed by atoms with E-state index in [-0.39, 0.29) is 5.41 Å². The SMILES string of the molecule is CNCC1(c2cc(C)cc(C)c2OC)COC1. The van der Waals surface area contributed by atoms with Gasteiger partial charge in [0.25, 0.3) is 0 Å². The summed E-state index contributed by atoms with van der Waals surface area (Å²) in [6.45, 7) is 6.69. The molecule has 1 aliphatic heterocycles. The molecule has 1 aliphatic rings. The Morgan fingerprint density at radius 1 is 1.35 bits per heavy atom. The molecule has 0 atom stereocenters. The third-order valence-electron chi connectivity index (χ3n) is 3.47. The van der Waals surface area contributed by atoms with Gasteiger partial charge < -0.3 is 14.8 Å². The Bertz CT molecular complexity index is 411. The predicted octanol–water partition coefficient (Wildman–Crippen LogP) is 1.80. The third kappa shape index (κ3) is 2.05. The molecule has 0 aromatic heterocycles. The summed E-state index contributed by atoms with van der Waals surface area (Å²) in [7, 11) is 3.73. The van der Waals surface area contributed by atoms with Crippen LogP contribution in [0.2, 0.25) is 0 Å². The molecule has 17 heavy (non-hydrogen) atoms. The smallest absolute Gasteiger partial charge is 0.125 e. The predicted molar refractivity (Wildman–Crippen MR) is 68.9 cm³/mol. The van der Waals surface area contributed by atoms with Crippen LogP contribution in [0.4, 0.5) is 0 Å². The van der Waals surface area contributed by atoms with Gasteiger partial charge in [-0.2, -0.15) is 0 Å². The van der Waals surface area contributed by atoms with Gasteiger partial charge in [-0.1, -0.05) is 17.7 Å². The Labute approximate surface area is 103 Å². The molecule has 3 heteroatoms. The number of likely N-dealkylation sites (N-methyl/N-ethyl adjacent to an activating group) is 1. The van der Waals surface area contributed by atoms with E-state index in [1.54, 1.807) is 7.11 Å². The lowest BCUT2D eigenvalue weighted by Gasteiger charge is -2.43. The van der Waals surface area contributed by atoms with E-state index < -0.39 is 0 Å². The third-order valence-corrected chi connectivity index (χ3v) is 3.47. The van der Waals surface area contributed by atoms with Crippen molar-refractivity contribution < 1.29 is 9.47 Å². The van der Waals surface area contributed by atoms with Crippen molar-refractivity contribution in [2.24, 2.45) is 0 Å². The standard InChI is InChI=1S/C14H21NO2/c1-10-5-11(2)13(16-4)12(6-10)14(7-15-3)8-17-9-14/h5-6,15H,7-9H2,1-4H3. The van der Waals surface area contributed by atoms with E-state index in [9.17, 15) is 0 Å². The van der Waals surface area contributed by atoms with Gasteiger partial charge >= 0.3 is 0 Å². The van der Waals surface area contributed by atoms with Gasteiger partial charge in [0.15, 0.2) is 0 Å². The van der Waals surface area contributed by atoms with E-state index in [4.69, 9.17) is 9.47 Å². The van der Waals surface area contributed by atoms with Gasteiger partial charge in [0.05, 0.1) is 25.7 Å². The first-order valence-electron chi connectivity index (χ1n) is 6.01. The van der Waals surface area contributed by atoms with Crippen LogP contribution in [0.15, 0.2) is 12.1 Å². The summed E-state index contributed by atoms with van der Waals surface area (Å²) in [6.07, 6.45) is 0. The number of hydrogen-bond acceptors (Lipinski definition) is 3. The molecule has 0 unspecified atom stereocenters. The Morgan fingerprint density at radius 3 is 2.53 bits per heavy atom. The molecule has 1 heterocycles. The second kappa shape index (κ2) is 4.67. The summed E-state index contributed by atoms with van der Waals surface area (Å²) < 4.78 is 11.0. The number of ether oxygens (including phenoxy) is 2. The second-order valence-corrected chi connectivity index (χ2v) is 4.97. The van der Waals surface area contributed by atoms with Crippen LogP contribution in [-0.4, -0.2) is 33.9 Å². The molecule has 1 aromatic carbocycles. The Morgan fingerprint density at radius 2 is 2.06 bits per heavy atom. The topological polar surface area (TPSA) is 30.5 Å². The largest absolute Gasteiger partial charge is 0.496 e. The number of methoxy groups -OCH3 is 1. The van der Waals surface area contributed by atoms with Gasteiger partial charge in [0, 0.05) is 12.1 Å². The molecule has 1 aromatic rings. The fourth-order valence-electron chi connectivity index (χ4n) is 2.66. The molecule has 0 spiro atoms. The van der Waals surface area contributed by atoms with Crippen LogP contribution in [0.3, 0.4) is 0 Å². The lowest BCUT2D eigenvalue weighted by molar-refractivity contribution is -0.0592. The van der Waals surface area contributed by atoms with Gasteiger partial charge in [-0.25, -0.2) is 0 Å². The van der Waals surface area contributed by atoms with E-state index in [0.717, 1.165) is 25.5 Å². The number of benzene rings is 1. The molecule has 2 rings (SSSR count). The summed E-state index contributed by atoms with van der Waals surface area (Å²) in [5.41, 5.74) is 3.83. The van der Waals surface area contributed by atoms with Gasteiger partial charge in [0.1, 0.15) is 5.75 Å². The molecule has 94 valence electrons. The lowest BCUT2D eigenvalue weighted by atomic mass is 9.76. The van der Waals surface area contributed by atoms with Crippen LogP contribution in [0.1, 0.15) is 16.7 Å². The maximum Gasteiger partial charge on any atom is 0.125 e. The van der Waals surface area contributed by atoms with Crippen molar-refractivity contribution in [2.75, 3.05) is 33.9 Å². The molecular weight excluding hydrogens is 214 g/mol. The van der Waals surface area contributed by atoms with Gasteiger partial charge in [-0.15, -0.1) is 0 Å². The molecule has 0 amide bonds. The number of nitrogens with one attached hydrogen (secondary N) is 1. The first-order valence-corrected chi connectivity index (χ1v) is 6.01. The number of rotatable bonds is 4. The van der Waals surface area contributed by atoms with Gasteiger partial charge in [-0.3, -0.25) is 0 Å². The minimum atomic E-state index is 0.0802. The molecule has 0 bridgehead atoms. The maximum atomic E-state index is 5.58. The minimum Gasteiger partial charge on any atom is -0.496 e. The monoisotopic (exact) mass is 235 g/mol. The highest BCUT2D eigenvalue weighted by Gasteiger charge is 2.42. The van der Waals surface area contributed by atoms with Crippen molar-refractivity contribution in [1.82, 2.24) is 5.32 Å². The quantitative estimate of drug-likeness (QED) is 0.863. The highest BCUT2D eigenvalue weighted by Crippen LogP contribution is 2.39. The molecule has 0 radical (unpaired) electrons. The van der Waals surface area contributed by atoms with Gasteiger partial charge in [0.2, 0.25) is 0 Å². The average Bonchev–Trinajstić information content (AvgIpc) is 2.22. The fraction of sp³-hybridized carbons (Fsp3) is 0.571. The zero-order chi connectivity index (χ0) is 12.5.